The van der Waals surface area contributed by atoms with Crippen LogP contribution >= 0.6 is 10.7 Å². The summed E-state index contributed by atoms with van der Waals surface area (Å²) in [4.78, 5) is 29.3. The maximum Gasteiger partial charge on any atom is 0.268 e. The molecule has 2 aromatic heterocycles. The highest BCUT2D eigenvalue weighted by molar-refractivity contribution is 8.13. The van der Waals surface area contributed by atoms with Gasteiger partial charge in [0.1, 0.15) is 13.1 Å². The summed E-state index contributed by atoms with van der Waals surface area (Å²) in [6, 6.07) is 29.1. The summed E-state index contributed by atoms with van der Waals surface area (Å²) in [7, 11) is -2.17. The van der Waals surface area contributed by atoms with Crippen molar-refractivity contribution >= 4 is 53.5 Å². The Morgan fingerprint density at radius 3 is 1.33 bits per heavy atom. The fourth-order valence-corrected chi connectivity index (χ4v) is 14.1. The second-order valence-electron chi connectivity index (χ2n) is 20.2. The van der Waals surface area contributed by atoms with Gasteiger partial charge in [0, 0.05) is 44.3 Å². The quantitative estimate of drug-likeness (QED) is 0.0666. The van der Waals surface area contributed by atoms with Gasteiger partial charge in [-0.25, -0.2) is 16.8 Å². The van der Waals surface area contributed by atoms with E-state index in [1.807, 2.05) is 36.4 Å². The largest absolute Gasteiger partial charge is 0.370 e. The number of hydrogen-bond acceptors (Lipinski definition) is 6. The minimum absolute atomic E-state index is 0.00849. The Morgan fingerprint density at radius 1 is 0.612 bits per heavy atom. The van der Waals surface area contributed by atoms with Gasteiger partial charge in [0.25, 0.3) is 15.9 Å². The molecule has 8 bridgehead atoms. The Morgan fingerprint density at radius 2 is 0.985 bits per heavy atom. The first kappa shape index (κ1) is 48.5. The first-order valence-electron chi connectivity index (χ1n) is 23.8. The number of nitrogens with zero attached hydrogens (tertiary/aromatic N) is 4. The molecule has 0 spiro atoms. The lowest BCUT2D eigenvalue weighted by Gasteiger charge is -2.57. The first-order valence-corrected chi connectivity index (χ1v) is 27.9. The molecule has 17 heteroatoms. The van der Waals surface area contributed by atoms with Crippen LogP contribution in [-0.2, 0) is 52.6 Å². The number of halogens is 1. The van der Waals surface area contributed by atoms with Crippen molar-refractivity contribution in [1.82, 2.24) is 14.5 Å². The van der Waals surface area contributed by atoms with E-state index in [1.54, 1.807) is 0 Å². The van der Waals surface area contributed by atoms with Crippen LogP contribution in [0.1, 0.15) is 102 Å². The number of carbonyl (C=O) groups excluding carboxylic acids is 2. The summed E-state index contributed by atoms with van der Waals surface area (Å²) >= 11 is 0. The molecule has 67 heavy (non-hydrogen) atoms. The summed E-state index contributed by atoms with van der Waals surface area (Å²) in [5.74, 6) is 3.53. The van der Waals surface area contributed by atoms with Crippen LogP contribution in [0.2, 0.25) is 0 Å². The second-order valence-corrected chi connectivity index (χ2v) is 25.2. The van der Waals surface area contributed by atoms with Crippen LogP contribution in [0.5, 0.6) is 0 Å². The molecule has 12 rings (SSSR count). The smallest absolute Gasteiger partial charge is 0.268 e. The summed E-state index contributed by atoms with van der Waals surface area (Å²) in [5.41, 5.74) is 23.7. The number of guanidine groups is 2. The van der Waals surface area contributed by atoms with Crippen LogP contribution in [0.25, 0.3) is 22.5 Å². The monoisotopic (exact) mass is 972 g/mol. The number of sulfonamides is 1. The molecule has 0 unspecified atom stereocenters. The number of aliphatic imine (C=N–C) groups is 1. The van der Waals surface area contributed by atoms with Crippen LogP contribution in [-0.4, -0.2) is 61.2 Å². The van der Waals surface area contributed by atoms with Gasteiger partial charge in [-0.3, -0.25) is 14.9 Å². The van der Waals surface area contributed by atoms with Crippen molar-refractivity contribution in [1.29, 1.82) is 0 Å². The third-order valence-corrected chi connectivity index (χ3v) is 17.9. The molecule has 8 aliphatic rings. The lowest BCUT2D eigenvalue weighted by molar-refractivity contribution is -0.120. The number of nitrogens with one attached hydrogen (secondary N) is 1. The number of carbonyl (C=O) groups is 2. The van der Waals surface area contributed by atoms with E-state index in [1.165, 1.54) is 102 Å². The molecule has 2 heterocycles. The van der Waals surface area contributed by atoms with Crippen molar-refractivity contribution in [2.45, 2.75) is 115 Å². The lowest BCUT2D eigenvalue weighted by atomic mass is 9.49. The van der Waals surface area contributed by atoms with E-state index < -0.39 is 19.1 Å². The molecule has 0 radical (unpaired) electrons. The van der Waals surface area contributed by atoms with E-state index >= 15 is 0 Å². The van der Waals surface area contributed by atoms with Gasteiger partial charge in [-0.05, 0) is 155 Å². The number of aromatic nitrogens is 2. The van der Waals surface area contributed by atoms with E-state index in [-0.39, 0.29) is 59.2 Å². The van der Waals surface area contributed by atoms with Crippen molar-refractivity contribution in [2.24, 2.45) is 62.1 Å². The summed E-state index contributed by atoms with van der Waals surface area (Å²) < 4.78 is 50.8. The van der Waals surface area contributed by atoms with Crippen LogP contribution in [0.15, 0.2) is 94.3 Å². The molecule has 360 valence electrons. The Balaban J connectivity index is 0.000000164. The second kappa shape index (κ2) is 19.6. The number of nitrogens with two attached hydrogens (primary N) is 3. The van der Waals surface area contributed by atoms with Gasteiger partial charge in [0.2, 0.25) is 20.9 Å². The van der Waals surface area contributed by atoms with Crippen molar-refractivity contribution < 1.29 is 26.4 Å². The highest BCUT2D eigenvalue weighted by atomic mass is 35.7. The summed E-state index contributed by atoms with van der Waals surface area (Å²) in [6.45, 7) is 3.23. The number of amides is 2. The summed E-state index contributed by atoms with van der Waals surface area (Å²) in [5, 5.41) is 2.48. The molecule has 0 atom stereocenters. The minimum Gasteiger partial charge on any atom is -0.370 e. The molecule has 2 amide bonds. The van der Waals surface area contributed by atoms with Gasteiger partial charge in [0.15, 0.2) is 5.96 Å². The highest BCUT2D eigenvalue weighted by Crippen LogP contribution is 2.62. The Hall–Kier alpha value is -4.93. The van der Waals surface area contributed by atoms with Gasteiger partial charge < -0.3 is 26.3 Å². The lowest BCUT2D eigenvalue weighted by Crippen LogP contribution is -2.49. The Labute approximate surface area is 399 Å². The SMILES string of the molecule is CCS(=O)(=O)Cl.CCS(=O)(=O)N=C(N)NC(=O)Cn1c(-c2ccccc2)ccc1C12CC3CC(CC(C3)C1)C2.NC(N)=NC(=O)Cn1c(-c2ccccc2)ccc1C12CC3CC(CC(C3)C1)C2. The van der Waals surface area contributed by atoms with Crippen molar-refractivity contribution in [3.05, 3.63) is 96.3 Å². The van der Waals surface area contributed by atoms with Crippen molar-refractivity contribution in [2.75, 3.05) is 11.5 Å². The topological polar surface area (TPSA) is 227 Å². The van der Waals surface area contributed by atoms with Gasteiger partial charge in [-0.15, -0.1) is 4.40 Å². The van der Waals surface area contributed by atoms with Crippen LogP contribution in [0.3, 0.4) is 0 Å². The highest BCUT2D eigenvalue weighted by Gasteiger charge is 2.54. The minimum atomic E-state index is -3.67. The molecule has 14 nitrogen and oxygen atoms in total. The van der Waals surface area contributed by atoms with E-state index in [0.29, 0.717) is 0 Å². The van der Waals surface area contributed by atoms with Gasteiger partial charge in [0.05, 0.1) is 11.5 Å². The molecule has 7 N–H and O–H groups in total. The number of hydrogen-bond donors (Lipinski definition) is 4. The van der Waals surface area contributed by atoms with E-state index in [2.05, 4.69) is 83.1 Å². The molecule has 4 aromatic rings. The fourth-order valence-electron chi connectivity index (χ4n) is 13.7. The molecular formula is C50H65ClN8O6S2. The average Bonchev–Trinajstić information content (AvgIpc) is 3.88. The molecule has 8 fully saturated rings. The zero-order valence-corrected chi connectivity index (χ0v) is 40.9. The molecule has 0 saturated heterocycles. The van der Waals surface area contributed by atoms with Gasteiger partial charge in [-0.1, -0.05) is 67.6 Å². The Kier molecular flexibility index (Phi) is 14.2. The van der Waals surface area contributed by atoms with Crippen LogP contribution in [0.4, 0.5) is 0 Å². The third kappa shape index (κ3) is 11.2. The average molecular weight is 974 g/mol. The van der Waals surface area contributed by atoms with Gasteiger partial charge in [-0.2, -0.15) is 4.99 Å². The maximum atomic E-state index is 13.0. The number of benzene rings is 2. The van der Waals surface area contributed by atoms with Crippen molar-refractivity contribution in [3.63, 3.8) is 0 Å². The third-order valence-electron chi connectivity index (χ3n) is 15.3. The van der Waals surface area contributed by atoms with Crippen LogP contribution < -0.4 is 22.5 Å². The standard InChI is InChI=1S/C25H32N4O3S.C23H28N4O.C2H5ClO2S/c1-2-33(31,32)28-24(26)27-23(30)16-29-21(20-6-4-3-5-7-20)8-9-22(29)25-13-17-10-18(14-25)12-19(11-17)15-25;24-22(25)26-21(28)14-27-19(18-4-2-1-3-5-18)6-7-20(27)23-11-15-8-16(12-23)10-17(9-15)13-23;1-2-6(3,4)5/h3-9,17-19H,2,10-16H2,1H3,(H3,26,27,28,30);1-7,15-17H,8-14H2,(H4,24,25,26,28);2H2,1H3. The molecule has 8 saturated carbocycles. The maximum absolute atomic E-state index is 13.0. The van der Waals surface area contributed by atoms with Crippen LogP contribution in [0, 0.1) is 35.5 Å². The fraction of sp³-hybridized carbons (Fsp3) is 0.520. The predicted molar refractivity (Wildman–Crippen MR) is 265 cm³/mol. The first-order chi connectivity index (χ1) is 31.8. The molecule has 0 aliphatic heterocycles. The van der Waals surface area contributed by atoms with Gasteiger partial charge >= 0.3 is 0 Å². The normalized spacial score (nSPS) is 27.9. The van der Waals surface area contributed by atoms with E-state index in [0.717, 1.165) is 58.0 Å². The number of rotatable bonds is 11. The molecule has 8 aliphatic carbocycles. The summed E-state index contributed by atoms with van der Waals surface area (Å²) in [6.07, 6.45) is 15.6. The zero-order valence-electron chi connectivity index (χ0n) is 38.5. The van der Waals surface area contributed by atoms with E-state index in [9.17, 15) is 26.4 Å². The van der Waals surface area contributed by atoms with E-state index in [4.69, 9.17) is 17.2 Å². The van der Waals surface area contributed by atoms with Crippen molar-refractivity contribution in [3.8, 4) is 22.5 Å². The Bertz CT molecular complexity index is 2660. The predicted octanol–water partition coefficient (Wildman–Crippen LogP) is 7.40. The molecule has 2 aromatic carbocycles. The molecular weight excluding hydrogens is 908 g/mol. The zero-order chi connectivity index (χ0) is 47.7.